The lowest BCUT2D eigenvalue weighted by atomic mass is 10.0. The molecule has 0 aromatic heterocycles. The second-order valence-electron chi connectivity index (χ2n) is 5.54. The Morgan fingerprint density at radius 3 is 2.32 bits per heavy atom. The summed E-state index contributed by atoms with van der Waals surface area (Å²) in [6, 6.07) is 11.8. The number of benzene rings is 2. The summed E-state index contributed by atoms with van der Waals surface area (Å²) in [5.41, 5.74) is 9.53. The highest BCUT2D eigenvalue weighted by Gasteiger charge is 2.08. The smallest absolute Gasteiger partial charge is 0.246 e. The van der Waals surface area contributed by atoms with Gasteiger partial charge in [-0.15, -0.1) is 0 Å². The van der Waals surface area contributed by atoms with Crippen LogP contribution in [0, 0.1) is 5.82 Å². The normalized spacial score (nSPS) is 11.2. The fourth-order valence-corrected chi connectivity index (χ4v) is 2.49. The molecule has 0 aliphatic heterocycles. The number of aliphatic imine (C=N–C) groups is 1. The Balaban J connectivity index is 2.01. The molecule has 0 atom stereocenters. The van der Waals surface area contributed by atoms with E-state index < -0.39 is 5.82 Å². The van der Waals surface area contributed by atoms with Gasteiger partial charge in [0.05, 0.1) is 0 Å². The molecular formula is C19H23FN4O. The maximum Gasteiger partial charge on any atom is 0.246 e. The summed E-state index contributed by atoms with van der Waals surface area (Å²) in [6.07, 6.45) is 1.73. The second-order valence-corrected chi connectivity index (χ2v) is 5.54. The van der Waals surface area contributed by atoms with Gasteiger partial charge in [0, 0.05) is 11.4 Å². The number of rotatable bonds is 6. The van der Waals surface area contributed by atoms with Gasteiger partial charge in [-0.05, 0) is 42.2 Å². The lowest BCUT2D eigenvalue weighted by Gasteiger charge is -2.14. The fourth-order valence-electron chi connectivity index (χ4n) is 2.49. The van der Waals surface area contributed by atoms with Crippen LogP contribution in [0.25, 0.3) is 0 Å². The highest BCUT2D eigenvalue weighted by Crippen LogP contribution is 2.22. The molecule has 132 valence electrons. The molecule has 0 aliphatic carbocycles. The van der Waals surface area contributed by atoms with Crippen molar-refractivity contribution in [2.24, 2.45) is 10.7 Å². The van der Waals surface area contributed by atoms with Crippen molar-refractivity contribution in [2.45, 2.75) is 26.7 Å². The molecule has 0 fully saturated rings. The number of anilines is 2. The van der Waals surface area contributed by atoms with Crippen LogP contribution >= 0.6 is 0 Å². The van der Waals surface area contributed by atoms with Gasteiger partial charge in [0.25, 0.3) is 0 Å². The van der Waals surface area contributed by atoms with E-state index >= 15 is 0 Å². The van der Waals surface area contributed by atoms with E-state index in [-0.39, 0.29) is 18.4 Å². The number of hydrogen-bond donors (Lipinski definition) is 3. The number of carbonyl (C=O) groups is 1. The lowest BCUT2D eigenvalue weighted by molar-refractivity contribution is -0.114. The standard InChI is InChI=1S/C19H23FN4O/c1-3-13-7-5-8-14(4-2)18(13)24-19(21)22-12-17(25)23-16-10-6-9-15(20)11-16/h5-11H,3-4,12H2,1-2H3,(H,23,25)(H3,21,22,24). The largest absolute Gasteiger partial charge is 0.370 e. The Morgan fingerprint density at radius 1 is 1.08 bits per heavy atom. The topological polar surface area (TPSA) is 79.5 Å². The molecule has 25 heavy (non-hydrogen) atoms. The Morgan fingerprint density at radius 2 is 1.72 bits per heavy atom. The van der Waals surface area contributed by atoms with Crippen LogP contribution in [-0.4, -0.2) is 18.4 Å². The van der Waals surface area contributed by atoms with Crippen LogP contribution in [-0.2, 0) is 17.6 Å². The van der Waals surface area contributed by atoms with Gasteiger partial charge in [-0.1, -0.05) is 38.1 Å². The van der Waals surface area contributed by atoms with Crippen molar-refractivity contribution in [3.05, 3.63) is 59.4 Å². The Labute approximate surface area is 147 Å². The molecule has 4 N–H and O–H groups in total. The van der Waals surface area contributed by atoms with Crippen LogP contribution in [0.15, 0.2) is 47.5 Å². The molecule has 0 saturated heterocycles. The quantitative estimate of drug-likeness (QED) is 0.556. The van der Waals surface area contributed by atoms with E-state index in [1.165, 1.54) is 18.2 Å². The summed E-state index contributed by atoms with van der Waals surface area (Å²) in [4.78, 5) is 16.0. The predicted octanol–water partition coefficient (Wildman–Crippen LogP) is 3.32. The third-order valence-corrected chi connectivity index (χ3v) is 3.75. The third kappa shape index (κ3) is 5.31. The van der Waals surface area contributed by atoms with E-state index in [1.807, 2.05) is 18.2 Å². The average molecular weight is 342 g/mol. The Bertz CT molecular complexity index is 752. The van der Waals surface area contributed by atoms with Gasteiger partial charge < -0.3 is 16.4 Å². The van der Waals surface area contributed by atoms with E-state index in [4.69, 9.17) is 5.73 Å². The number of nitrogens with two attached hydrogens (primary N) is 1. The lowest BCUT2D eigenvalue weighted by Crippen LogP contribution is -2.26. The van der Waals surface area contributed by atoms with Crippen LogP contribution < -0.4 is 16.4 Å². The molecule has 2 rings (SSSR count). The zero-order valence-corrected chi connectivity index (χ0v) is 14.5. The molecule has 0 unspecified atom stereocenters. The number of para-hydroxylation sites is 1. The fraction of sp³-hybridized carbons (Fsp3) is 0.263. The number of amides is 1. The van der Waals surface area contributed by atoms with E-state index in [0.717, 1.165) is 29.7 Å². The van der Waals surface area contributed by atoms with Crippen molar-refractivity contribution in [1.29, 1.82) is 0 Å². The van der Waals surface area contributed by atoms with E-state index in [2.05, 4.69) is 29.5 Å². The van der Waals surface area contributed by atoms with Gasteiger partial charge in [-0.2, -0.15) is 0 Å². The molecule has 1 amide bonds. The predicted molar refractivity (Wildman–Crippen MR) is 100 cm³/mol. The molecule has 5 nitrogen and oxygen atoms in total. The van der Waals surface area contributed by atoms with Gasteiger partial charge in [0.1, 0.15) is 12.4 Å². The van der Waals surface area contributed by atoms with Crippen molar-refractivity contribution in [2.75, 3.05) is 17.2 Å². The first kappa shape index (κ1) is 18.4. The van der Waals surface area contributed by atoms with Crippen molar-refractivity contribution < 1.29 is 9.18 Å². The molecule has 0 spiro atoms. The van der Waals surface area contributed by atoms with Gasteiger partial charge >= 0.3 is 0 Å². The summed E-state index contributed by atoms with van der Waals surface area (Å²) in [7, 11) is 0. The zero-order chi connectivity index (χ0) is 18.2. The van der Waals surface area contributed by atoms with Gasteiger partial charge in [-0.3, -0.25) is 4.79 Å². The number of hydrogen-bond acceptors (Lipinski definition) is 2. The van der Waals surface area contributed by atoms with Crippen LogP contribution in [0.2, 0.25) is 0 Å². The summed E-state index contributed by atoms with van der Waals surface area (Å²) in [5.74, 6) is -0.606. The minimum atomic E-state index is -0.411. The maximum absolute atomic E-state index is 13.1. The van der Waals surface area contributed by atoms with Crippen LogP contribution in [0.5, 0.6) is 0 Å². The summed E-state index contributed by atoms with van der Waals surface area (Å²) in [6.45, 7) is 3.99. The third-order valence-electron chi connectivity index (χ3n) is 3.75. The molecule has 0 saturated carbocycles. The van der Waals surface area contributed by atoms with Gasteiger partial charge in [0.2, 0.25) is 5.91 Å². The molecule has 2 aromatic carbocycles. The highest BCUT2D eigenvalue weighted by atomic mass is 19.1. The molecule has 0 heterocycles. The number of nitrogens with one attached hydrogen (secondary N) is 2. The molecule has 0 radical (unpaired) electrons. The molecule has 2 aromatic rings. The first-order valence-corrected chi connectivity index (χ1v) is 8.26. The first-order chi connectivity index (χ1) is 12.0. The SMILES string of the molecule is CCc1cccc(CC)c1NC(N)=NCC(=O)Nc1cccc(F)c1. The van der Waals surface area contributed by atoms with E-state index in [1.54, 1.807) is 6.07 Å². The number of aryl methyl sites for hydroxylation is 2. The molecule has 0 aliphatic rings. The molecule has 6 heteroatoms. The van der Waals surface area contributed by atoms with Crippen LogP contribution in [0.1, 0.15) is 25.0 Å². The van der Waals surface area contributed by atoms with E-state index in [9.17, 15) is 9.18 Å². The number of guanidine groups is 1. The highest BCUT2D eigenvalue weighted by molar-refractivity contribution is 5.97. The minimum absolute atomic E-state index is 0.148. The summed E-state index contributed by atoms with van der Waals surface area (Å²) >= 11 is 0. The zero-order valence-electron chi connectivity index (χ0n) is 14.5. The number of halogens is 1. The van der Waals surface area contributed by atoms with Crippen LogP contribution in [0.3, 0.4) is 0 Å². The average Bonchev–Trinajstić information content (AvgIpc) is 2.60. The first-order valence-electron chi connectivity index (χ1n) is 8.26. The van der Waals surface area contributed by atoms with Crippen molar-refractivity contribution in [1.82, 2.24) is 0 Å². The molecular weight excluding hydrogens is 319 g/mol. The number of carbonyl (C=O) groups excluding carboxylic acids is 1. The minimum Gasteiger partial charge on any atom is -0.370 e. The Hall–Kier alpha value is -2.89. The monoisotopic (exact) mass is 342 g/mol. The van der Waals surface area contributed by atoms with Gasteiger partial charge in [0.15, 0.2) is 5.96 Å². The second kappa shape index (κ2) is 8.82. The number of nitrogens with zero attached hydrogens (tertiary/aromatic N) is 1. The summed E-state index contributed by atoms with van der Waals surface area (Å²) < 4.78 is 13.1. The maximum atomic E-state index is 13.1. The van der Waals surface area contributed by atoms with Crippen molar-refractivity contribution >= 4 is 23.2 Å². The Kier molecular flexibility index (Phi) is 6.51. The van der Waals surface area contributed by atoms with Gasteiger partial charge in [-0.25, -0.2) is 9.38 Å². The van der Waals surface area contributed by atoms with Crippen LogP contribution in [0.4, 0.5) is 15.8 Å². The van der Waals surface area contributed by atoms with Crippen molar-refractivity contribution in [3.8, 4) is 0 Å². The van der Waals surface area contributed by atoms with E-state index in [0.29, 0.717) is 5.69 Å². The summed E-state index contributed by atoms with van der Waals surface area (Å²) in [5, 5.41) is 5.67. The molecule has 0 bridgehead atoms. The van der Waals surface area contributed by atoms with Crippen molar-refractivity contribution in [3.63, 3.8) is 0 Å².